The molecule has 3 rings (SSSR count). The first-order valence-electron chi connectivity index (χ1n) is 7.99. The van der Waals surface area contributed by atoms with Gasteiger partial charge in [0, 0.05) is 31.4 Å². The third kappa shape index (κ3) is 3.24. The van der Waals surface area contributed by atoms with Gasteiger partial charge in [-0.05, 0) is 37.5 Å². The number of benzene rings is 1. The Morgan fingerprint density at radius 3 is 2.79 bits per heavy atom. The lowest BCUT2D eigenvalue weighted by molar-refractivity contribution is -0.132. The number of rotatable bonds is 3. The molecule has 1 N–H and O–H groups in total. The summed E-state index contributed by atoms with van der Waals surface area (Å²) in [6.07, 6.45) is 2.18. The largest absolute Gasteiger partial charge is 0.381 e. The fourth-order valence-electron chi connectivity index (χ4n) is 3.19. The zero-order chi connectivity index (χ0) is 17.1. The van der Waals surface area contributed by atoms with Crippen LogP contribution in [0.15, 0.2) is 18.2 Å². The SMILES string of the molecule is N#Cc1cc(C(=O)NC2CCN(C3CCOCC3)C2=O)ccc1F. The Bertz CT molecular complexity index is 695. The van der Waals surface area contributed by atoms with Crippen LogP contribution < -0.4 is 5.32 Å². The second kappa shape index (κ2) is 6.97. The topological polar surface area (TPSA) is 82.4 Å². The Labute approximate surface area is 139 Å². The molecule has 0 saturated carbocycles. The van der Waals surface area contributed by atoms with Crippen LogP contribution in [-0.2, 0) is 9.53 Å². The molecule has 2 saturated heterocycles. The summed E-state index contributed by atoms with van der Waals surface area (Å²) in [6, 6.07) is 4.88. The molecule has 126 valence electrons. The summed E-state index contributed by atoms with van der Waals surface area (Å²) >= 11 is 0. The Kier molecular flexibility index (Phi) is 4.76. The van der Waals surface area contributed by atoms with Gasteiger partial charge in [0.2, 0.25) is 5.91 Å². The van der Waals surface area contributed by atoms with Crippen molar-refractivity contribution in [1.82, 2.24) is 10.2 Å². The van der Waals surface area contributed by atoms with Crippen molar-refractivity contribution in [3.05, 3.63) is 35.1 Å². The number of nitrogens with one attached hydrogen (secondary N) is 1. The number of carbonyl (C=O) groups excluding carboxylic acids is 2. The molecule has 7 heteroatoms. The number of nitrogens with zero attached hydrogens (tertiary/aromatic N) is 2. The minimum absolute atomic E-state index is 0.0853. The van der Waals surface area contributed by atoms with Gasteiger partial charge in [0.25, 0.3) is 5.91 Å². The van der Waals surface area contributed by atoms with Crippen molar-refractivity contribution in [2.75, 3.05) is 19.8 Å². The zero-order valence-electron chi connectivity index (χ0n) is 13.1. The van der Waals surface area contributed by atoms with Crippen molar-refractivity contribution in [2.24, 2.45) is 0 Å². The summed E-state index contributed by atoms with van der Waals surface area (Å²) in [5.74, 6) is -1.23. The molecule has 2 aliphatic rings. The maximum absolute atomic E-state index is 13.3. The van der Waals surface area contributed by atoms with E-state index in [0.717, 1.165) is 18.9 Å². The van der Waals surface area contributed by atoms with Crippen LogP contribution in [0.5, 0.6) is 0 Å². The van der Waals surface area contributed by atoms with E-state index in [-0.39, 0.29) is 23.1 Å². The first-order chi connectivity index (χ1) is 11.6. The smallest absolute Gasteiger partial charge is 0.251 e. The number of hydrogen-bond donors (Lipinski definition) is 1. The molecule has 2 amide bonds. The summed E-state index contributed by atoms with van der Waals surface area (Å²) in [4.78, 5) is 26.6. The summed E-state index contributed by atoms with van der Waals surface area (Å²) in [6.45, 7) is 1.91. The van der Waals surface area contributed by atoms with Gasteiger partial charge in [-0.3, -0.25) is 9.59 Å². The fourth-order valence-corrected chi connectivity index (χ4v) is 3.19. The van der Waals surface area contributed by atoms with Crippen LogP contribution in [-0.4, -0.2) is 48.6 Å². The molecule has 1 aromatic carbocycles. The molecule has 0 bridgehead atoms. The molecule has 0 aliphatic carbocycles. The summed E-state index contributed by atoms with van der Waals surface area (Å²) in [5, 5.41) is 11.5. The quantitative estimate of drug-likeness (QED) is 0.902. The molecule has 2 heterocycles. The van der Waals surface area contributed by atoms with Crippen LogP contribution in [0.25, 0.3) is 0 Å². The van der Waals surface area contributed by atoms with Gasteiger partial charge in [-0.1, -0.05) is 0 Å². The highest BCUT2D eigenvalue weighted by molar-refractivity contribution is 5.98. The molecule has 0 aromatic heterocycles. The highest BCUT2D eigenvalue weighted by Crippen LogP contribution is 2.21. The normalized spacial score (nSPS) is 21.6. The van der Waals surface area contributed by atoms with Crippen LogP contribution in [0.2, 0.25) is 0 Å². The van der Waals surface area contributed by atoms with E-state index in [1.165, 1.54) is 12.1 Å². The number of amides is 2. The summed E-state index contributed by atoms with van der Waals surface area (Å²) in [7, 11) is 0. The van der Waals surface area contributed by atoms with E-state index in [4.69, 9.17) is 10.00 Å². The molecule has 2 fully saturated rings. The standard InChI is InChI=1S/C17H18FN3O3/c18-14-2-1-11(9-12(14)10-19)16(22)20-15-3-6-21(17(15)23)13-4-7-24-8-5-13/h1-2,9,13,15H,3-8H2,(H,20,22). The van der Waals surface area contributed by atoms with Gasteiger partial charge in [0.15, 0.2) is 0 Å². The number of nitriles is 1. The van der Waals surface area contributed by atoms with E-state index in [1.54, 1.807) is 6.07 Å². The Morgan fingerprint density at radius 1 is 1.33 bits per heavy atom. The Balaban J connectivity index is 1.65. The molecular weight excluding hydrogens is 313 g/mol. The second-order valence-corrected chi connectivity index (χ2v) is 6.00. The molecule has 6 nitrogen and oxygen atoms in total. The molecule has 24 heavy (non-hydrogen) atoms. The third-order valence-electron chi connectivity index (χ3n) is 4.53. The second-order valence-electron chi connectivity index (χ2n) is 6.00. The number of halogens is 1. The molecule has 2 aliphatic heterocycles. The van der Waals surface area contributed by atoms with Crippen molar-refractivity contribution >= 4 is 11.8 Å². The number of carbonyl (C=O) groups is 2. The Hall–Kier alpha value is -2.46. The molecular formula is C17H18FN3O3. The predicted molar refractivity (Wildman–Crippen MR) is 82.5 cm³/mol. The van der Waals surface area contributed by atoms with Gasteiger partial charge in [-0.2, -0.15) is 5.26 Å². The van der Waals surface area contributed by atoms with E-state index in [2.05, 4.69) is 5.32 Å². The van der Waals surface area contributed by atoms with E-state index in [0.29, 0.717) is 26.2 Å². The van der Waals surface area contributed by atoms with E-state index in [9.17, 15) is 14.0 Å². The summed E-state index contributed by atoms with van der Waals surface area (Å²) < 4.78 is 18.6. The van der Waals surface area contributed by atoms with E-state index < -0.39 is 17.8 Å². The third-order valence-corrected chi connectivity index (χ3v) is 4.53. The zero-order valence-corrected chi connectivity index (χ0v) is 13.1. The highest BCUT2D eigenvalue weighted by atomic mass is 19.1. The van der Waals surface area contributed by atoms with Gasteiger partial charge in [-0.25, -0.2) is 4.39 Å². The van der Waals surface area contributed by atoms with Gasteiger partial charge >= 0.3 is 0 Å². The van der Waals surface area contributed by atoms with Crippen molar-refractivity contribution < 1.29 is 18.7 Å². The lowest BCUT2D eigenvalue weighted by Crippen LogP contribution is -2.46. The molecule has 1 atom stereocenters. The van der Waals surface area contributed by atoms with Gasteiger partial charge < -0.3 is 15.0 Å². The fraction of sp³-hybridized carbons (Fsp3) is 0.471. The average molecular weight is 331 g/mol. The molecule has 1 unspecified atom stereocenters. The van der Waals surface area contributed by atoms with Crippen LogP contribution in [0.1, 0.15) is 35.2 Å². The number of hydrogen-bond acceptors (Lipinski definition) is 4. The molecule has 0 radical (unpaired) electrons. The lowest BCUT2D eigenvalue weighted by Gasteiger charge is -2.31. The van der Waals surface area contributed by atoms with Crippen molar-refractivity contribution in [1.29, 1.82) is 5.26 Å². The first-order valence-corrected chi connectivity index (χ1v) is 7.99. The van der Waals surface area contributed by atoms with Crippen LogP contribution in [0.3, 0.4) is 0 Å². The van der Waals surface area contributed by atoms with Crippen LogP contribution >= 0.6 is 0 Å². The van der Waals surface area contributed by atoms with E-state index in [1.807, 2.05) is 4.90 Å². The highest BCUT2D eigenvalue weighted by Gasteiger charge is 2.37. The van der Waals surface area contributed by atoms with Crippen molar-refractivity contribution in [2.45, 2.75) is 31.3 Å². The average Bonchev–Trinajstić information content (AvgIpc) is 2.96. The monoisotopic (exact) mass is 331 g/mol. The van der Waals surface area contributed by atoms with E-state index >= 15 is 0 Å². The maximum atomic E-state index is 13.3. The minimum atomic E-state index is -0.670. The maximum Gasteiger partial charge on any atom is 0.251 e. The summed E-state index contributed by atoms with van der Waals surface area (Å²) in [5.41, 5.74) is -0.0190. The predicted octanol–water partition coefficient (Wildman–Crippen LogP) is 1.21. The van der Waals surface area contributed by atoms with Gasteiger partial charge in [0.05, 0.1) is 5.56 Å². The molecule has 1 aromatic rings. The number of ether oxygens (including phenoxy) is 1. The number of likely N-dealkylation sites (tertiary alicyclic amines) is 1. The molecule has 0 spiro atoms. The Morgan fingerprint density at radius 2 is 2.08 bits per heavy atom. The van der Waals surface area contributed by atoms with Crippen molar-refractivity contribution in [3.8, 4) is 6.07 Å². The van der Waals surface area contributed by atoms with Crippen LogP contribution in [0.4, 0.5) is 4.39 Å². The van der Waals surface area contributed by atoms with Crippen LogP contribution in [0, 0.1) is 17.1 Å². The lowest BCUT2D eigenvalue weighted by atomic mass is 10.1. The van der Waals surface area contributed by atoms with Gasteiger partial charge in [0.1, 0.15) is 17.9 Å². The van der Waals surface area contributed by atoms with Crippen molar-refractivity contribution in [3.63, 3.8) is 0 Å². The minimum Gasteiger partial charge on any atom is -0.381 e. The van der Waals surface area contributed by atoms with Gasteiger partial charge in [-0.15, -0.1) is 0 Å². The first kappa shape index (κ1) is 16.4.